The average molecular weight is 546 g/mol. The van der Waals surface area contributed by atoms with Gasteiger partial charge < -0.3 is 15.3 Å². The molecule has 0 unspecified atom stereocenters. The highest BCUT2D eigenvalue weighted by molar-refractivity contribution is 5.95. The predicted molar refractivity (Wildman–Crippen MR) is 149 cm³/mol. The van der Waals surface area contributed by atoms with Crippen molar-refractivity contribution in [3.8, 4) is 0 Å². The Balaban J connectivity index is 0.00000205. The Morgan fingerprint density at radius 3 is 2.38 bits per heavy atom. The minimum absolute atomic E-state index is 0.202. The lowest BCUT2D eigenvalue weighted by molar-refractivity contribution is -0.138. The molecule has 10 heteroatoms. The van der Waals surface area contributed by atoms with Crippen molar-refractivity contribution in [3.05, 3.63) is 58.8 Å². The van der Waals surface area contributed by atoms with Gasteiger partial charge in [0.2, 0.25) is 0 Å². The van der Waals surface area contributed by atoms with Crippen LogP contribution in [0.2, 0.25) is 0 Å². The van der Waals surface area contributed by atoms with Crippen LogP contribution < -0.4 is 10.2 Å². The second-order valence-electron chi connectivity index (χ2n) is 9.48. The van der Waals surface area contributed by atoms with Gasteiger partial charge in [-0.15, -0.1) is 5.10 Å². The lowest BCUT2D eigenvalue weighted by Crippen LogP contribution is -2.46. The highest BCUT2D eigenvalue weighted by Crippen LogP contribution is 2.34. The lowest BCUT2D eigenvalue weighted by atomic mass is 10.0. The fourth-order valence-electron chi connectivity index (χ4n) is 4.81. The van der Waals surface area contributed by atoms with Gasteiger partial charge in [-0.2, -0.15) is 18.3 Å². The topological polar surface area (TPSA) is 81.6 Å². The molecule has 3 aromatic rings. The van der Waals surface area contributed by atoms with Crippen molar-refractivity contribution in [2.24, 2.45) is 0 Å². The third-order valence-electron chi connectivity index (χ3n) is 7.00. The number of rotatable bonds is 9. The van der Waals surface area contributed by atoms with Gasteiger partial charge >= 0.3 is 12.1 Å². The Kier molecular flexibility index (Phi) is 10.5. The number of anilines is 2. The van der Waals surface area contributed by atoms with Crippen LogP contribution in [-0.4, -0.2) is 58.9 Å². The van der Waals surface area contributed by atoms with Crippen LogP contribution >= 0.6 is 0 Å². The van der Waals surface area contributed by atoms with Crippen LogP contribution in [0.4, 0.5) is 24.7 Å². The Hall–Kier alpha value is -3.40. The number of hydrogen-bond acceptors (Lipinski definition) is 6. The van der Waals surface area contributed by atoms with E-state index in [4.69, 9.17) is 5.11 Å². The molecule has 0 atom stereocenters. The van der Waals surface area contributed by atoms with Crippen molar-refractivity contribution in [2.45, 2.75) is 59.7 Å². The molecule has 1 aliphatic heterocycles. The monoisotopic (exact) mass is 545 g/mol. The molecule has 0 spiro atoms. The number of unbranched alkanes of at least 4 members (excludes halogenated alkanes) is 1. The van der Waals surface area contributed by atoms with E-state index in [1.165, 1.54) is 13.0 Å². The van der Waals surface area contributed by atoms with Gasteiger partial charge in [0.25, 0.3) is 0 Å². The summed E-state index contributed by atoms with van der Waals surface area (Å²) < 4.78 is 40.0. The van der Waals surface area contributed by atoms with Crippen molar-refractivity contribution in [2.75, 3.05) is 42.9 Å². The van der Waals surface area contributed by atoms with E-state index in [9.17, 15) is 18.0 Å². The Labute approximate surface area is 228 Å². The largest absolute Gasteiger partial charge is 0.481 e. The third kappa shape index (κ3) is 7.81. The number of nitrogens with zero attached hydrogens (tertiary/aromatic N) is 4. The molecule has 2 N–H and O–H groups in total. The van der Waals surface area contributed by atoms with Crippen molar-refractivity contribution in [1.29, 1.82) is 0 Å². The number of carboxylic acid groups (broad SMARTS) is 1. The number of carbonyl (C=O) groups is 1. The van der Waals surface area contributed by atoms with Crippen LogP contribution in [-0.2, 0) is 17.5 Å². The molecule has 2 aromatic carbocycles. The summed E-state index contributed by atoms with van der Waals surface area (Å²) in [6.45, 7) is 12.0. The zero-order valence-electron chi connectivity index (χ0n) is 23.1. The van der Waals surface area contributed by atoms with Gasteiger partial charge in [0, 0.05) is 55.6 Å². The number of alkyl halides is 3. The molecule has 0 bridgehead atoms. The number of carboxylic acids is 1. The highest BCUT2D eigenvalue weighted by atomic mass is 19.4. The van der Waals surface area contributed by atoms with Gasteiger partial charge in [-0.1, -0.05) is 32.0 Å². The van der Waals surface area contributed by atoms with Crippen molar-refractivity contribution in [1.82, 2.24) is 15.1 Å². The van der Waals surface area contributed by atoms with Crippen molar-refractivity contribution < 1.29 is 23.1 Å². The van der Waals surface area contributed by atoms with Gasteiger partial charge in [0.1, 0.15) is 0 Å². The molecule has 2 heterocycles. The summed E-state index contributed by atoms with van der Waals surface area (Å²) in [6.07, 6.45) is -2.62. The number of halogens is 3. The van der Waals surface area contributed by atoms with Crippen molar-refractivity contribution in [3.63, 3.8) is 0 Å². The number of aliphatic carboxylic acids is 1. The van der Waals surface area contributed by atoms with Gasteiger partial charge in [-0.25, -0.2) is 0 Å². The average Bonchev–Trinajstić information content (AvgIpc) is 2.92. The first kappa shape index (κ1) is 30.1. The second kappa shape index (κ2) is 13.6. The summed E-state index contributed by atoms with van der Waals surface area (Å²) in [5, 5.41) is 22.4. The molecule has 0 aliphatic carbocycles. The maximum absolute atomic E-state index is 13.3. The van der Waals surface area contributed by atoms with Crippen molar-refractivity contribution >= 4 is 28.2 Å². The zero-order valence-corrected chi connectivity index (χ0v) is 23.1. The van der Waals surface area contributed by atoms with Gasteiger partial charge in [0.05, 0.1) is 11.3 Å². The summed E-state index contributed by atoms with van der Waals surface area (Å²) >= 11 is 0. The van der Waals surface area contributed by atoms with E-state index in [1.807, 2.05) is 26.8 Å². The number of fused-ring (bicyclic) bond motifs is 1. The molecule has 0 radical (unpaired) electrons. The number of aryl methyl sites for hydroxylation is 1. The minimum Gasteiger partial charge on any atom is -0.481 e. The van der Waals surface area contributed by atoms with E-state index in [2.05, 4.69) is 37.4 Å². The lowest BCUT2D eigenvalue weighted by Gasteiger charge is -2.36. The number of benzene rings is 2. The molecule has 1 fully saturated rings. The number of piperazine rings is 1. The van der Waals surface area contributed by atoms with Crippen LogP contribution in [0.3, 0.4) is 0 Å². The molecule has 1 aromatic heterocycles. The van der Waals surface area contributed by atoms with E-state index in [0.29, 0.717) is 17.8 Å². The maximum atomic E-state index is 13.3. The first-order chi connectivity index (χ1) is 18.6. The second-order valence-corrected chi connectivity index (χ2v) is 9.48. The molecule has 1 aliphatic rings. The predicted octanol–water partition coefficient (Wildman–Crippen LogP) is 6.28. The maximum Gasteiger partial charge on any atom is 0.416 e. The van der Waals surface area contributed by atoms with Gasteiger partial charge in [-0.05, 0) is 62.6 Å². The summed E-state index contributed by atoms with van der Waals surface area (Å²) in [6, 6.07) is 10.4. The summed E-state index contributed by atoms with van der Waals surface area (Å²) in [4.78, 5) is 15.4. The standard InChI is InChI=1S/C27H32F3N5O2.C2H6/c1-18-20(6-5-7-24(18)27(28,29)30)17-31-26-23-16-21(9-10-22(23)19(2)32-33-26)35-14-12-34(13-15-35)11-4-3-8-25(36)37;1-2/h5-7,9-10,16H,3-4,8,11-15,17H2,1-2H3,(H,31,33)(H,36,37);1-2H3. The molecule has 1 saturated heterocycles. The third-order valence-corrected chi connectivity index (χ3v) is 7.00. The quantitative estimate of drug-likeness (QED) is 0.306. The molecular weight excluding hydrogens is 507 g/mol. The fraction of sp³-hybridized carbons (Fsp3) is 0.483. The number of nitrogens with one attached hydrogen (secondary N) is 1. The SMILES string of the molecule is CC.Cc1c(CNc2nnc(C)c3ccc(N4CCN(CCCCC(=O)O)CC4)cc23)cccc1C(F)(F)F. The molecule has 4 rings (SSSR count). The summed E-state index contributed by atoms with van der Waals surface area (Å²) in [7, 11) is 0. The van der Waals surface area contributed by atoms with E-state index < -0.39 is 17.7 Å². The molecule has 0 amide bonds. The highest BCUT2D eigenvalue weighted by Gasteiger charge is 2.32. The minimum atomic E-state index is -4.39. The van der Waals surface area contributed by atoms with E-state index in [1.54, 1.807) is 6.07 Å². The molecule has 7 nitrogen and oxygen atoms in total. The first-order valence-corrected chi connectivity index (χ1v) is 13.5. The number of hydrogen-bond donors (Lipinski definition) is 2. The summed E-state index contributed by atoms with van der Waals surface area (Å²) in [5.74, 6) is -0.212. The molecular formula is C29H38F3N5O2. The van der Waals surface area contributed by atoms with Crippen LogP contribution in [0.15, 0.2) is 36.4 Å². The zero-order chi connectivity index (χ0) is 28.6. The van der Waals surface area contributed by atoms with Gasteiger partial charge in [0.15, 0.2) is 5.82 Å². The van der Waals surface area contributed by atoms with Crippen LogP contribution in [0.1, 0.15) is 55.5 Å². The van der Waals surface area contributed by atoms with E-state index >= 15 is 0 Å². The molecule has 212 valence electrons. The first-order valence-electron chi connectivity index (χ1n) is 13.5. The Bertz CT molecular complexity index is 1260. The smallest absolute Gasteiger partial charge is 0.416 e. The Morgan fingerprint density at radius 2 is 1.72 bits per heavy atom. The normalized spacial score (nSPS) is 14.2. The molecule has 0 saturated carbocycles. The molecule has 39 heavy (non-hydrogen) atoms. The summed E-state index contributed by atoms with van der Waals surface area (Å²) in [5.41, 5.74) is 1.97. The van der Waals surface area contributed by atoms with Crippen LogP contribution in [0.25, 0.3) is 10.8 Å². The van der Waals surface area contributed by atoms with Crippen LogP contribution in [0.5, 0.6) is 0 Å². The fourth-order valence-corrected chi connectivity index (χ4v) is 4.81. The van der Waals surface area contributed by atoms with Gasteiger partial charge in [-0.3, -0.25) is 9.69 Å². The van der Waals surface area contributed by atoms with E-state index in [0.717, 1.165) is 67.4 Å². The number of aromatic nitrogens is 2. The van der Waals surface area contributed by atoms with E-state index in [-0.39, 0.29) is 18.5 Å². The van der Waals surface area contributed by atoms with Crippen LogP contribution in [0, 0.1) is 13.8 Å². The Morgan fingerprint density at radius 1 is 1.00 bits per heavy atom.